The first-order valence-electron chi connectivity index (χ1n) is 11.1. The second kappa shape index (κ2) is 10.5. The molecule has 1 atom stereocenters. The highest BCUT2D eigenvalue weighted by atomic mass is 31.2. The van der Waals surface area contributed by atoms with Crippen molar-refractivity contribution in [1.29, 1.82) is 0 Å². The molecule has 33 heavy (non-hydrogen) atoms. The predicted molar refractivity (Wildman–Crippen MR) is 133 cm³/mol. The number of aliphatic carboxylic acids is 1. The van der Waals surface area contributed by atoms with E-state index in [2.05, 4.69) is 19.6 Å². The zero-order chi connectivity index (χ0) is 25.1. The lowest BCUT2D eigenvalue weighted by Gasteiger charge is -2.22. The highest BCUT2D eigenvalue weighted by molar-refractivity contribution is 7.64. The molecule has 184 valence electrons. The van der Waals surface area contributed by atoms with Crippen molar-refractivity contribution < 1.29 is 33.5 Å². The van der Waals surface area contributed by atoms with Gasteiger partial charge in [-0.05, 0) is 51.6 Å². The second-order valence-electron chi connectivity index (χ2n) is 10.3. The van der Waals surface area contributed by atoms with Crippen LogP contribution in [-0.2, 0) is 27.1 Å². The number of methoxy groups -OCH3 is 1. The largest absolute Gasteiger partial charge is 0.496 e. The smallest absolute Gasteiger partial charge is 0.342 e. The fraction of sp³-hybridized carbons (Fsp3) is 0.583. The topological polar surface area (TPSA) is 99.1 Å². The average molecular weight is 497 g/mol. The number of fused-ring (bicyclic) bond motifs is 1. The molecule has 1 aliphatic rings. The first-order valence-corrected chi connectivity index (χ1v) is 17.5. The molecule has 1 heterocycles. The van der Waals surface area contributed by atoms with Gasteiger partial charge in [-0.2, -0.15) is 0 Å². The summed E-state index contributed by atoms with van der Waals surface area (Å²) in [6, 6.07) is 0.934. The summed E-state index contributed by atoms with van der Waals surface area (Å²) in [6.45, 7) is 14.2. The molecule has 0 radical (unpaired) electrons. The fourth-order valence-corrected chi connectivity index (χ4v) is 5.84. The Morgan fingerprint density at radius 3 is 2.42 bits per heavy atom. The number of cyclic esters (lactones) is 1. The lowest BCUT2D eigenvalue weighted by atomic mass is 9.94. The van der Waals surface area contributed by atoms with Crippen LogP contribution in [0.15, 0.2) is 11.6 Å². The SMILES string of the molecule is COc1c(C)c2c(c(OCC[Si](C)(C)C)c1C/C=C(\C)CC(C(=O)O)P(C)(C)=O)C(=O)OC2. The monoisotopic (exact) mass is 496 g/mol. The van der Waals surface area contributed by atoms with Gasteiger partial charge in [0.15, 0.2) is 0 Å². The van der Waals surface area contributed by atoms with Crippen molar-refractivity contribution >= 4 is 27.2 Å². The van der Waals surface area contributed by atoms with E-state index in [1.54, 1.807) is 7.11 Å². The van der Waals surface area contributed by atoms with E-state index in [-0.39, 0.29) is 13.0 Å². The quantitative estimate of drug-likeness (QED) is 0.191. The number of hydrogen-bond donors (Lipinski definition) is 1. The number of carbonyl (C=O) groups is 2. The summed E-state index contributed by atoms with van der Waals surface area (Å²) in [7, 11) is -2.58. The lowest BCUT2D eigenvalue weighted by molar-refractivity contribution is -0.136. The van der Waals surface area contributed by atoms with Crippen molar-refractivity contribution in [2.75, 3.05) is 27.0 Å². The number of carboxylic acid groups (broad SMARTS) is 1. The number of carboxylic acids is 1. The summed E-state index contributed by atoms with van der Waals surface area (Å²) in [5, 5.41) is 9.52. The first kappa shape index (κ1) is 27.2. The molecule has 0 fully saturated rings. The van der Waals surface area contributed by atoms with Gasteiger partial charge in [0.05, 0.1) is 20.9 Å². The van der Waals surface area contributed by atoms with Crippen molar-refractivity contribution in [1.82, 2.24) is 0 Å². The molecule has 7 nitrogen and oxygen atoms in total. The number of hydrogen-bond acceptors (Lipinski definition) is 6. The van der Waals surface area contributed by atoms with Gasteiger partial charge in [0.25, 0.3) is 0 Å². The van der Waals surface area contributed by atoms with Crippen LogP contribution < -0.4 is 9.47 Å². The number of benzene rings is 1. The predicted octanol–water partition coefficient (Wildman–Crippen LogP) is 5.35. The number of esters is 1. The number of allylic oxidation sites excluding steroid dienone is 2. The molecular formula is C24H37O7PSi. The third kappa shape index (κ3) is 6.73. The highest BCUT2D eigenvalue weighted by Gasteiger charge is 2.34. The van der Waals surface area contributed by atoms with Crippen LogP contribution in [0.1, 0.15) is 40.4 Å². The molecule has 0 saturated heterocycles. The van der Waals surface area contributed by atoms with Gasteiger partial charge in [-0.25, -0.2) is 4.79 Å². The van der Waals surface area contributed by atoms with Crippen LogP contribution in [-0.4, -0.2) is 57.8 Å². The summed E-state index contributed by atoms with van der Waals surface area (Å²) in [5.74, 6) is -0.320. The van der Waals surface area contributed by atoms with E-state index in [9.17, 15) is 19.3 Å². The average Bonchev–Trinajstić information content (AvgIpc) is 3.06. The number of ether oxygens (including phenoxy) is 3. The minimum absolute atomic E-state index is 0.193. The Balaban J connectivity index is 2.47. The van der Waals surface area contributed by atoms with E-state index >= 15 is 0 Å². The Labute approximate surface area is 197 Å². The van der Waals surface area contributed by atoms with Crippen molar-refractivity contribution in [3.63, 3.8) is 0 Å². The maximum Gasteiger partial charge on any atom is 0.342 e. The van der Waals surface area contributed by atoms with Crippen molar-refractivity contribution in [2.24, 2.45) is 0 Å². The van der Waals surface area contributed by atoms with Gasteiger partial charge in [-0.1, -0.05) is 31.3 Å². The molecule has 1 N–H and O–H groups in total. The minimum Gasteiger partial charge on any atom is -0.496 e. The van der Waals surface area contributed by atoms with E-state index in [0.717, 1.165) is 28.3 Å². The first-order chi connectivity index (χ1) is 15.2. The minimum atomic E-state index is -2.81. The van der Waals surface area contributed by atoms with Gasteiger partial charge in [-0.3, -0.25) is 4.79 Å². The van der Waals surface area contributed by atoms with Gasteiger partial charge in [0, 0.05) is 19.2 Å². The summed E-state index contributed by atoms with van der Waals surface area (Å²) in [6.07, 6.45) is 2.49. The summed E-state index contributed by atoms with van der Waals surface area (Å²) in [4.78, 5) is 24.2. The van der Waals surface area contributed by atoms with Gasteiger partial charge >= 0.3 is 11.9 Å². The van der Waals surface area contributed by atoms with E-state index in [1.807, 2.05) is 19.9 Å². The molecule has 1 aliphatic heterocycles. The standard InChI is InChI=1S/C24H37O7PSi/c1-15(13-19(23(25)26)32(4,5)28)9-10-17-21(29-3)16(2)18-14-31-24(27)20(18)22(17)30-11-12-33(6,7)8/h9,19H,10-14H2,1-8H3,(H,25,26)/b15-9+. The van der Waals surface area contributed by atoms with Crippen LogP contribution in [0.3, 0.4) is 0 Å². The van der Waals surface area contributed by atoms with E-state index in [0.29, 0.717) is 30.1 Å². The van der Waals surface area contributed by atoms with Crippen LogP contribution in [0.25, 0.3) is 0 Å². The molecule has 0 amide bonds. The Morgan fingerprint density at radius 1 is 1.27 bits per heavy atom. The molecule has 2 rings (SSSR count). The summed E-state index contributed by atoms with van der Waals surface area (Å²) < 4.78 is 29.7. The molecular weight excluding hydrogens is 459 g/mol. The van der Waals surface area contributed by atoms with E-state index in [1.165, 1.54) is 13.3 Å². The molecule has 0 bridgehead atoms. The molecule has 0 spiro atoms. The summed E-state index contributed by atoms with van der Waals surface area (Å²) >= 11 is 0. The van der Waals surface area contributed by atoms with E-state index in [4.69, 9.17) is 14.2 Å². The van der Waals surface area contributed by atoms with Gasteiger partial charge in [0.2, 0.25) is 0 Å². The van der Waals surface area contributed by atoms with Crippen LogP contribution in [0.4, 0.5) is 0 Å². The second-order valence-corrected chi connectivity index (χ2v) is 19.4. The third-order valence-electron chi connectivity index (χ3n) is 5.93. The third-order valence-corrected chi connectivity index (χ3v) is 9.54. The van der Waals surface area contributed by atoms with Crippen molar-refractivity contribution in [3.05, 3.63) is 33.9 Å². The normalized spacial score (nSPS) is 15.2. The maximum atomic E-state index is 12.6. The van der Waals surface area contributed by atoms with Crippen LogP contribution in [0.2, 0.25) is 25.7 Å². The fourth-order valence-electron chi connectivity index (χ4n) is 3.87. The zero-order valence-corrected chi connectivity index (χ0v) is 22.9. The highest BCUT2D eigenvalue weighted by Crippen LogP contribution is 2.46. The molecule has 1 aromatic rings. The maximum absolute atomic E-state index is 12.6. The Hall–Kier alpha value is -2.05. The molecule has 9 heteroatoms. The Bertz CT molecular complexity index is 1000. The van der Waals surface area contributed by atoms with Crippen LogP contribution in [0.5, 0.6) is 11.5 Å². The zero-order valence-electron chi connectivity index (χ0n) is 21.0. The lowest BCUT2D eigenvalue weighted by Crippen LogP contribution is -2.23. The van der Waals surface area contributed by atoms with Crippen LogP contribution >= 0.6 is 7.14 Å². The summed E-state index contributed by atoms with van der Waals surface area (Å²) in [5.41, 5.74) is 2.70. The molecule has 0 saturated carbocycles. The van der Waals surface area contributed by atoms with E-state index < -0.39 is 32.8 Å². The molecule has 0 aliphatic carbocycles. The Morgan fingerprint density at radius 2 is 1.91 bits per heavy atom. The Kier molecular flexibility index (Phi) is 8.63. The van der Waals surface area contributed by atoms with Crippen LogP contribution in [0, 0.1) is 6.92 Å². The molecule has 1 aromatic carbocycles. The van der Waals surface area contributed by atoms with Crippen molar-refractivity contribution in [2.45, 2.75) is 64.6 Å². The molecule has 1 unspecified atom stereocenters. The van der Waals surface area contributed by atoms with Gasteiger partial charge in [-0.15, -0.1) is 0 Å². The van der Waals surface area contributed by atoms with Gasteiger partial charge < -0.3 is 23.9 Å². The van der Waals surface area contributed by atoms with Gasteiger partial charge in [0.1, 0.15) is 29.3 Å². The molecule has 0 aromatic heterocycles. The number of carbonyl (C=O) groups excluding carboxylic acids is 1. The van der Waals surface area contributed by atoms with Crippen molar-refractivity contribution in [3.8, 4) is 11.5 Å². The number of rotatable bonds is 11.